The summed E-state index contributed by atoms with van der Waals surface area (Å²) in [5.74, 6) is -1.80. The van der Waals surface area contributed by atoms with Crippen LogP contribution < -0.4 is 5.73 Å². The maximum atomic E-state index is 12.6. The predicted molar refractivity (Wildman–Crippen MR) is 51.3 cm³/mol. The molecule has 0 aliphatic carbocycles. The molecule has 0 saturated carbocycles. The van der Waals surface area contributed by atoms with Gasteiger partial charge < -0.3 is 10.8 Å². The van der Waals surface area contributed by atoms with E-state index in [9.17, 15) is 9.18 Å². The van der Waals surface area contributed by atoms with E-state index in [2.05, 4.69) is 0 Å². The molecule has 0 radical (unpaired) electrons. The summed E-state index contributed by atoms with van der Waals surface area (Å²) in [5, 5.41) is 8.67. The Labute approximate surface area is 81.4 Å². The number of rotatable bonds is 3. The Hall–Kier alpha value is -1.58. The molecule has 0 bridgehead atoms. The van der Waals surface area contributed by atoms with Crippen LogP contribution >= 0.6 is 0 Å². The number of nitrogens with two attached hydrogens (primary N) is 1. The lowest BCUT2D eigenvalue weighted by Crippen LogP contribution is -2.13. The van der Waals surface area contributed by atoms with Crippen molar-refractivity contribution in [2.45, 2.75) is 13.3 Å². The Bertz CT molecular complexity index is 352. The molecule has 1 rings (SSSR count). The fourth-order valence-electron chi connectivity index (χ4n) is 1.17. The van der Waals surface area contributed by atoms with Gasteiger partial charge in [-0.05, 0) is 24.1 Å². The molecule has 1 atom stereocenters. The standard InChI is InChI=1S/C10H12FNO2/c1-6(10(13)14)4-7-2-3-8(11)5-9(7)12/h2-3,5-6H,4,12H2,1H3,(H,13,14). The van der Waals surface area contributed by atoms with Crippen LogP contribution in [0, 0.1) is 11.7 Å². The minimum Gasteiger partial charge on any atom is -0.481 e. The predicted octanol–water partition coefficient (Wildman–Crippen LogP) is 1.67. The van der Waals surface area contributed by atoms with E-state index in [1.54, 1.807) is 6.92 Å². The number of aliphatic carboxylic acids is 1. The Kier molecular flexibility index (Phi) is 3.06. The highest BCUT2D eigenvalue weighted by molar-refractivity contribution is 5.70. The third-order valence-electron chi connectivity index (χ3n) is 2.06. The number of anilines is 1. The third-order valence-corrected chi connectivity index (χ3v) is 2.06. The lowest BCUT2D eigenvalue weighted by atomic mass is 10.00. The first kappa shape index (κ1) is 10.5. The smallest absolute Gasteiger partial charge is 0.306 e. The molecule has 3 nitrogen and oxygen atoms in total. The summed E-state index contributed by atoms with van der Waals surface area (Å²) in [7, 11) is 0. The van der Waals surface area contributed by atoms with Gasteiger partial charge in [0.05, 0.1) is 5.92 Å². The number of halogens is 1. The second-order valence-electron chi connectivity index (χ2n) is 3.29. The van der Waals surface area contributed by atoms with Crippen LogP contribution in [0.15, 0.2) is 18.2 Å². The molecular formula is C10H12FNO2. The number of nitrogen functional groups attached to an aromatic ring is 1. The molecule has 3 N–H and O–H groups in total. The van der Waals surface area contributed by atoms with Gasteiger partial charge in [0.1, 0.15) is 5.82 Å². The number of hydrogen-bond donors (Lipinski definition) is 2. The summed E-state index contributed by atoms with van der Waals surface area (Å²) >= 11 is 0. The van der Waals surface area contributed by atoms with Crippen molar-refractivity contribution >= 4 is 11.7 Å². The second-order valence-corrected chi connectivity index (χ2v) is 3.29. The molecule has 14 heavy (non-hydrogen) atoms. The molecule has 0 saturated heterocycles. The minimum atomic E-state index is -0.881. The molecular weight excluding hydrogens is 185 g/mol. The molecule has 0 fully saturated rings. The van der Waals surface area contributed by atoms with E-state index >= 15 is 0 Å². The molecule has 0 heterocycles. The number of carboxylic acid groups (broad SMARTS) is 1. The monoisotopic (exact) mass is 197 g/mol. The first-order valence-corrected chi connectivity index (χ1v) is 4.27. The topological polar surface area (TPSA) is 63.3 Å². The van der Waals surface area contributed by atoms with Crippen LogP contribution in [0.3, 0.4) is 0 Å². The molecule has 0 aromatic heterocycles. The summed E-state index contributed by atoms with van der Waals surface area (Å²) < 4.78 is 12.6. The lowest BCUT2D eigenvalue weighted by molar-refractivity contribution is -0.141. The summed E-state index contributed by atoms with van der Waals surface area (Å²) in [6.07, 6.45) is 0.321. The lowest BCUT2D eigenvalue weighted by Gasteiger charge is -2.08. The van der Waals surface area contributed by atoms with Gasteiger partial charge in [-0.1, -0.05) is 13.0 Å². The van der Waals surface area contributed by atoms with Crippen molar-refractivity contribution in [2.24, 2.45) is 5.92 Å². The molecule has 4 heteroatoms. The van der Waals surface area contributed by atoms with Gasteiger partial charge in [-0.3, -0.25) is 4.79 Å². The summed E-state index contributed by atoms with van der Waals surface area (Å²) in [5.41, 5.74) is 6.51. The average Bonchev–Trinajstić information content (AvgIpc) is 2.09. The molecule has 0 aliphatic rings. The van der Waals surface area contributed by atoms with E-state index < -0.39 is 17.7 Å². The average molecular weight is 197 g/mol. The highest BCUT2D eigenvalue weighted by Gasteiger charge is 2.13. The molecule has 1 unspecified atom stereocenters. The van der Waals surface area contributed by atoms with Gasteiger partial charge in [-0.25, -0.2) is 4.39 Å². The van der Waals surface area contributed by atoms with E-state index in [0.29, 0.717) is 17.7 Å². The maximum absolute atomic E-state index is 12.6. The largest absolute Gasteiger partial charge is 0.481 e. The maximum Gasteiger partial charge on any atom is 0.306 e. The van der Waals surface area contributed by atoms with Crippen molar-refractivity contribution in [3.8, 4) is 0 Å². The Morgan fingerprint density at radius 1 is 1.64 bits per heavy atom. The van der Waals surface area contributed by atoms with Gasteiger partial charge in [0.15, 0.2) is 0 Å². The van der Waals surface area contributed by atoms with Crippen molar-refractivity contribution in [3.05, 3.63) is 29.6 Å². The zero-order valence-corrected chi connectivity index (χ0v) is 7.83. The van der Waals surface area contributed by atoms with Crippen molar-refractivity contribution in [1.29, 1.82) is 0 Å². The van der Waals surface area contributed by atoms with Crippen LogP contribution in [0.1, 0.15) is 12.5 Å². The first-order valence-electron chi connectivity index (χ1n) is 4.27. The molecule has 0 aliphatic heterocycles. The van der Waals surface area contributed by atoms with Crippen molar-refractivity contribution in [3.63, 3.8) is 0 Å². The fraction of sp³-hybridized carbons (Fsp3) is 0.300. The van der Waals surface area contributed by atoms with Crippen molar-refractivity contribution in [2.75, 3.05) is 5.73 Å². The van der Waals surface area contributed by atoms with Crippen LogP contribution in [-0.4, -0.2) is 11.1 Å². The third kappa shape index (κ3) is 2.45. The molecule has 1 aromatic carbocycles. The van der Waals surface area contributed by atoms with E-state index in [0.717, 1.165) is 0 Å². The van der Waals surface area contributed by atoms with Crippen LogP contribution in [0.2, 0.25) is 0 Å². The highest BCUT2D eigenvalue weighted by Crippen LogP contribution is 2.17. The van der Waals surface area contributed by atoms with Crippen molar-refractivity contribution in [1.82, 2.24) is 0 Å². The number of benzene rings is 1. The molecule has 1 aromatic rings. The van der Waals surface area contributed by atoms with E-state index in [4.69, 9.17) is 10.8 Å². The SMILES string of the molecule is CC(Cc1ccc(F)cc1N)C(=O)O. The van der Waals surface area contributed by atoms with Crippen LogP contribution in [0.25, 0.3) is 0 Å². The van der Waals surface area contributed by atoms with Crippen molar-refractivity contribution < 1.29 is 14.3 Å². The molecule has 0 spiro atoms. The zero-order chi connectivity index (χ0) is 10.7. The molecule has 76 valence electrons. The van der Waals surface area contributed by atoms with Crippen LogP contribution in [-0.2, 0) is 11.2 Å². The van der Waals surface area contributed by atoms with Crippen LogP contribution in [0.5, 0.6) is 0 Å². The quantitative estimate of drug-likeness (QED) is 0.724. The second kappa shape index (κ2) is 4.09. The van der Waals surface area contributed by atoms with Gasteiger partial charge in [0.25, 0.3) is 0 Å². The highest BCUT2D eigenvalue weighted by atomic mass is 19.1. The summed E-state index contributed by atoms with van der Waals surface area (Å²) in [6.45, 7) is 1.59. The fourth-order valence-corrected chi connectivity index (χ4v) is 1.17. The number of carbonyl (C=O) groups is 1. The summed E-state index contributed by atoms with van der Waals surface area (Å²) in [4.78, 5) is 10.6. The van der Waals surface area contributed by atoms with Gasteiger partial charge >= 0.3 is 5.97 Å². The Morgan fingerprint density at radius 2 is 2.29 bits per heavy atom. The normalized spacial score (nSPS) is 12.4. The van der Waals surface area contributed by atoms with Gasteiger partial charge in [-0.15, -0.1) is 0 Å². The van der Waals surface area contributed by atoms with Gasteiger partial charge in [-0.2, -0.15) is 0 Å². The Balaban J connectivity index is 2.82. The number of hydrogen-bond acceptors (Lipinski definition) is 2. The van der Waals surface area contributed by atoms with E-state index in [1.165, 1.54) is 18.2 Å². The Morgan fingerprint density at radius 3 is 2.79 bits per heavy atom. The zero-order valence-electron chi connectivity index (χ0n) is 7.83. The summed E-state index contributed by atoms with van der Waals surface area (Å²) in [6, 6.07) is 3.99. The van der Waals surface area contributed by atoms with E-state index in [-0.39, 0.29) is 0 Å². The molecule has 0 amide bonds. The van der Waals surface area contributed by atoms with Crippen LogP contribution in [0.4, 0.5) is 10.1 Å². The minimum absolute atomic E-state index is 0.304. The first-order chi connectivity index (χ1) is 6.50. The van der Waals surface area contributed by atoms with Gasteiger partial charge in [0, 0.05) is 5.69 Å². The van der Waals surface area contributed by atoms with Gasteiger partial charge in [0.2, 0.25) is 0 Å². The number of carboxylic acids is 1. The van der Waals surface area contributed by atoms with E-state index in [1.807, 2.05) is 0 Å².